The highest BCUT2D eigenvalue weighted by Crippen LogP contribution is 2.25. The van der Waals surface area contributed by atoms with Crippen molar-refractivity contribution in [2.45, 2.75) is 6.92 Å². The molecule has 0 N–H and O–H groups in total. The van der Waals surface area contributed by atoms with Gasteiger partial charge in [0.25, 0.3) is 0 Å². The Morgan fingerprint density at radius 1 is 1.36 bits per heavy atom. The summed E-state index contributed by atoms with van der Waals surface area (Å²) in [5, 5.41) is 2.24. The molecule has 3 heteroatoms. The Hall–Kier alpha value is -1.09. The number of benzene rings is 1. The van der Waals surface area contributed by atoms with E-state index >= 15 is 0 Å². The van der Waals surface area contributed by atoms with Crippen molar-refractivity contribution in [3.05, 3.63) is 35.1 Å². The number of halogens is 1. The number of fused-ring (bicyclic) bond motifs is 1. The van der Waals surface area contributed by atoms with Crippen LogP contribution < -0.4 is 4.74 Å². The van der Waals surface area contributed by atoms with Gasteiger partial charge in [0.15, 0.2) is 0 Å². The molecule has 2 rings (SSSR count). The van der Waals surface area contributed by atoms with Gasteiger partial charge in [0, 0.05) is 11.6 Å². The monoisotopic (exact) mass is 251 g/mol. The number of pyridine rings is 1. The SMILES string of the molecule is CCOc1ccc2c(Br)nccc2c1. The maximum atomic E-state index is 5.42. The third-order valence-corrected chi connectivity index (χ3v) is 2.63. The molecule has 0 fully saturated rings. The summed E-state index contributed by atoms with van der Waals surface area (Å²) in [6, 6.07) is 7.96. The van der Waals surface area contributed by atoms with E-state index in [4.69, 9.17) is 4.74 Å². The Bertz CT molecular complexity index is 456. The second-order valence-corrected chi connectivity index (χ2v) is 3.67. The molecule has 0 aliphatic rings. The molecule has 1 heterocycles. The quantitative estimate of drug-likeness (QED) is 0.764. The van der Waals surface area contributed by atoms with Gasteiger partial charge in [-0.05, 0) is 52.5 Å². The van der Waals surface area contributed by atoms with Crippen LogP contribution in [0.3, 0.4) is 0 Å². The van der Waals surface area contributed by atoms with E-state index in [1.165, 1.54) is 0 Å². The summed E-state index contributed by atoms with van der Waals surface area (Å²) >= 11 is 3.41. The van der Waals surface area contributed by atoms with Gasteiger partial charge in [0.05, 0.1) is 6.61 Å². The molecular formula is C11H10BrNO. The van der Waals surface area contributed by atoms with Crippen molar-refractivity contribution in [2.75, 3.05) is 6.61 Å². The summed E-state index contributed by atoms with van der Waals surface area (Å²) in [4.78, 5) is 4.16. The minimum Gasteiger partial charge on any atom is -0.494 e. The predicted octanol–water partition coefficient (Wildman–Crippen LogP) is 3.40. The number of aromatic nitrogens is 1. The van der Waals surface area contributed by atoms with Crippen LogP contribution in [-0.2, 0) is 0 Å². The van der Waals surface area contributed by atoms with Crippen LogP contribution in [0, 0.1) is 0 Å². The van der Waals surface area contributed by atoms with E-state index in [-0.39, 0.29) is 0 Å². The molecule has 0 unspecified atom stereocenters. The Labute approximate surface area is 91.0 Å². The Balaban J connectivity index is 2.56. The minimum atomic E-state index is 0.692. The zero-order valence-electron chi connectivity index (χ0n) is 7.83. The second kappa shape index (κ2) is 3.96. The van der Waals surface area contributed by atoms with Crippen LogP contribution in [0.15, 0.2) is 35.1 Å². The summed E-state index contributed by atoms with van der Waals surface area (Å²) in [5.41, 5.74) is 0. The first-order valence-electron chi connectivity index (χ1n) is 4.48. The van der Waals surface area contributed by atoms with Crippen molar-refractivity contribution in [1.29, 1.82) is 0 Å². The van der Waals surface area contributed by atoms with Crippen molar-refractivity contribution in [3.8, 4) is 5.75 Å². The van der Waals surface area contributed by atoms with E-state index in [1.54, 1.807) is 6.20 Å². The number of hydrogen-bond acceptors (Lipinski definition) is 2. The molecular weight excluding hydrogens is 242 g/mol. The fourth-order valence-electron chi connectivity index (χ4n) is 1.38. The van der Waals surface area contributed by atoms with Gasteiger partial charge >= 0.3 is 0 Å². The molecule has 72 valence electrons. The van der Waals surface area contributed by atoms with E-state index in [2.05, 4.69) is 20.9 Å². The van der Waals surface area contributed by atoms with Gasteiger partial charge < -0.3 is 4.74 Å². The molecule has 2 nitrogen and oxygen atoms in total. The summed E-state index contributed by atoms with van der Waals surface area (Å²) in [6.45, 7) is 2.67. The third kappa shape index (κ3) is 1.73. The average molecular weight is 252 g/mol. The molecule has 0 spiro atoms. The summed E-state index contributed by atoms with van der Waals surface area (Å²) in [5.74, 6) is 0.901. The molecule has 1 aromatic heterocycles. The predicted molar refractivity (Wildman–Crippen MR) is 60.6 cm³/mol. The van der Waals surface area contributed by atoms with E-state index in [0.29, 0.717) is 6.61 Å². The first-order valence-corrected chi connectivity index (χ1v) is 5.27. The van der Waals surface area contributed by atoms with E-state index in [9.17, 15) is 0 Å². The zero-order valence-corrected chi connectivity index (χ0v) is 9.41. The van der Waals surface area contributed by atoms with Gasteiger partial charge in [0.1, 0.15) is 10.4 Å². The lowest BCUT2D eigenvalue weighted by molar-refractivity contribution is 0.341. The average Bonchev–Trinajstić information content (AvgIpc) is 2.18. The van der Waals surface area contributed by atoms with Crippen molar-refractivity contribution in [2.24, 2.45) is 0 Å². The van der Waals surface area contributed by atoms with Gasteiger partial charge in [-0.2, -0.15) is 0 Å². The lowest BCUT2D eigenvalue weighted by atomic mass is 10.2. The molecule has 1 aromatic carbocycles. The van der Waals surface area contributed by atoms with Crippen LogP contribution >= 0.6 is 15.9 Å². The normalized spacial score (nSPS) is 10.4. The first kappa shape index (κ1) is 9.46. The zero-order chi connectivity index (χ0) is 9.97. The van der Waals surface area contributed by atoms with Gasteiger partial charge in [0.2, 0.25) is 0 Å². The molecule has 0 aliphatic carbocycles. The van der Waals surface area contributed by atoms with Gasteiger partial charge in [-0.3, -0.25) is 0 Å². The van der Waals surface area contributed by atoms with Gasteiger partial charge in [-0.15, -0.1) is 0 Å². The van der Waals surface area contributed by atoms with Crippen LogP contribution in [0.5, 0.6) is 5.75 Å². The van der Waals surface area contributed by atoms with Crippen molar-refractivity contribution < 1.29 is 4.74 Å². The number of ether oxygens (including phenoxy) is 1. The number of hydrogen-bond donors (Lipinski definition) is 0. The van der Waals surface area contributed by atoms with E-state index in [1.807, 2.05) is 31.2 Å². The van der Waals surface area contributed by atoms with E-state index < -0.39 is 0 Å². The lowest BCUT2D eigenvalue weighted by Gasteiger charge is -2.04. The van der Waals surface area contributed by atoms with Crippen molar-refractivity contribution >= 4 is 26.7 Å². The molecule has 0 aliphatic heterocycles. The molecule has 0 bridgehead atoms. The summed E-state index contributed by atoms with van der Waals surface area (Å²) in [7, 11) is 0. The van der Waals surface area contributed by atoms with Crippen LogP contribution in [0.25, 0.3) is 10.8 Å². The van der Waals surface area contributed by atoms with Gasteiger partial charge in [-0.25, -0.2) is 4.98 Å². The summed E-state index contributed by atoms with van der Waals surface area (Å²) < 4.78 is 6.29. The number of nitrogens with zero attached hydrogens (tertiary/aromatic N) is 1. The smallest absolute Gasteiger partial charge is 0.119 e. The maximum absolute atomic E-state index is 5.42. The minimum absolute atomic E-state index is 0.692. The number of rotatable bonds is 2. The van der Waals surface area contributed by atoms with Crippen molar-refractivity contribution in [3.63, 3.8) is 0 Å². The lowest BCUT2D eigenvalue weighted by Crippen LogP contribution is -1.91. The molecule has 2 aromatic rings. The van der Waals surface area contributed by atoms with Gasteiger partial charge in [-0.1, -0.05) is 0 Å². The van der Waals surface area contributed by atoms with E-state index in [0.717, 1.165) is 21.1 Å². The summed E-state index contributed by atoms with van der Waals surface area (Å²) in [6.07, 6.45) is 1.78. The molecule has 0 amide bonds. The Morgan fingerprint density at radius 3 is 3.00 bits per heavy atom. The van der Waals surface area contributed by atoms with Crippen LogP contribution in [0.2, 0.25) is 0 Å². The maximum Gasteiger partial charge on any atom is 0.119 e. The molecule has 0 saturated carbocycles. The second-order valence-electron chi connectivity index (χ2n) is 2.92. The topological polar surface area (TPSA) is 22.1 Å². The molecule has 0 atom stereocenters. The highest BCUT2D eigenvalue weighted by Gasteiger charge is 2.00. The molecule has 14 heavy (non-hydrogen) atoms. The fraction of sp³-hybridized carbons (Fsp3) is 0.182. The highest BCUT2D eigenvalue weighted by atomic mass is 79.9. The highest BCUT2D eigenvalue weighted by molar-refractivity contribution is 9.10. The first-order chi connectivity index (χ1) is 6.81. The largest absolute Gasteiger partial charge is 0.494 e. The standard InChI is InChI=1S/C11H10BrNO/c1-2-14-9-3-4-10-8(7-9)5-6-13-11(10)12/h3-7H,2H2,1H3. The molecule has 0 radical (unpaired) electrons. The fourth-order valence-corrected chi connectivity index (χ4v) is 1.85. The molecule has 0 saturated heterocycles. The van der Waals surface area contributed by atoms with Crippen molar-refractivity contribution in [1.82, 2.24) is 4.98 Å². The van der Waals surface area contributed by atoms with Crippen LogP contribution in [0.4, 0.5) is 0 Å². The Kier molecular flexibility index (Phi) is 2.68. The third-order valence-electron chi connectivity index (χ3n) is 2.00. The van der Waals surface area contributed by atoms with Crippen LogP contribution in [-0.4, -0.2) is 11.6 Å². The Morgan fingerprint density at radius 2 is 2.21 bits per heavy atom. The van der Waals surface area contributed by atoms with Crippen LogP contribution in [0.1, 0.15) is 6.92 Å².